The first kappa shape index (κ1) is 20.3. The average Bonchev–Trinajstić information content (AvgIpc) is 3.15. The zero-order valence-corrected chi connectivity index (χ0v) is 17.7. The number of hydrogen-bond acceptors (Lipinski definition) is 5. The van der Waals surface area contributed by atoms with Crippen molar-refractivity contribution in [2.24, 2.45) is 0 Å². The Morgan fingerprint density at radius 2 is 1.68 bits per heavy atom. The standard InChI is InChI=1S/C23H26N2O2S/c1-5-6-16-7-9-17(10-8-16)20(26)15-28-22-25-24-21(27-22)18-11-13-19(14-12-18)23(2,3)4/h7-14H,5-6,15H2,1-4H3. The Hall–Kier alpha value is -2.40. The lowest BCUT2D eigenvalue weighted by Crippen LogP contribution is -2.10. The van der Waals surface area contributed by atoms with Crippen LogP contribution in [0.5, 0.6) is 0 Å². The highest BCUT2D eigenvalue weighted by Gasteiger charge is 2.15. The van der Waals surface area contributed by atoms with Gasteiger partial charge in [0.2, 0.25) is 5.89 Å². The summed E-state index contributed by atoms with van der Waals surface area (Å²) < 4.78 is 5.72. The van der Waals surface area contributed by atoms with Crippen LogP contribution in [0.25, 0.3) is 11.5 Å². The zero-order chi connectivity index (χ0) is 20.1. The summed E-state index contributed by atoms with van der Waals surface area (Å²) in [5.74, 6) is 0.805. The number of benzene rings is 2. The molecule has 0 atom stereocenters. The van der Waals surface area contributed by atoms with Gasteiger partial charge in [-0.05, 0) is 35.1 Å². The van der Waals surface area contributed by atoms with Crippen molar-refractivity contribution in [3.8, 4) is 11.5 Å². The molecule has 0 spiro atoms. The van der Waals surface area contributed by atoms with E-state index in [1.807, 2.05) is 36.4 Å². The molecular formula is C23H26N2O2S. The summed E-state index contributed by atoms with van der Waals surface area (Å²) in [6, 6.07) is 16.0. The molecule has 0 fully saturated rings. The quantitative estimate of drug-likeness (QED) is 0.365. The molecule has 5 heteroatoms. The van der Waals surface area contributed by atoms with Gasteiger partial charge in [0.15, 0.2) is 5.78 Å². The summed E-state index contributed by atoms with van der Waals surface area (Å²) in [5, 5.41) is 8.58. The lowest BCUT2D eigenvalue weighted by atomic mass is 9.87. The van der Waals surface area contributed by atoms with Gasteiger partial charge in [0.05, 0.1) is 5.75 Å². The molecule has 0 radical (unpaired) electrons. The van der Waals surface area contributed by atoms with Gasteiger partial charge in [-0.2, -0.15) is 0 Å². The molecule has 2 aromatic carbocycles. The van der Waals surface area contributed by atoms with Gasteiger partial charge < -0.3 is 4.42 Å². The van der Waals surface area contributed by atoms with E-state index in [-0.39, 0.29) is 17.0 Å². The second-order valence-corrected chi connectivity index (χ2v) is 8.79. The molecule has 0 amide bonds. The van der Waals surface area contributed by atoms with Crippen molar-refractivity contribution in [1.82, 2.24) is 10.2 Å². The molecule has 146 valence electrons. The molecule has 0 aliphatic rings. The Balaban J connectivity index is 1.60. The van der Waals surface area contributed by atoms with E-state index in [4.69, 9.17) is 4.42 Å². The molecule has 0 saturated heterocycles. The van der Waals surface area contributed by atoms with Crippen LogP contribution in [-0.2, 0) is 11.8 Å². The van der Waals surface area contributed by atoms with Crippen LogP contribution in [0.15, 0.2) is 58.2 Å². The average molecular weight is 395 g/mol. The van der Waals surface area contributed by atoms with Crippen LogP contribution >= 0.6 is 11.8 Å². The number of aryl methyl sites for hydroxylation is 1. The number of Topliss-reactive ketones (excluding diaryl/α,β-unsaturated/α-hetero) is 1. The first-order valence-electron chi connectivity index (χ1n) is 9.56. The number of thioether (sulfide) groups is 1. The molecule has 0 unspecified atom stereocenters. The molecule has 3 aromatic rings. The van der Waals surface area contributed by atoms with Crippen LogP contribution < -0.4 is 0 Å². The van der Waals surface area contributed by atoms with Crippen molar-refractivity contribution < 1.29 is 9.21 Å². The van der Waals surface area contributed by atoms with Gasteiger partial charge in [0.25, 0.3) is 5.22 Å². The summed E-state index contributed by atoms with van der Waals surface area (Å²) in [5.41, 5.74) is 4.20. The molecular weight excluding hydrogens is 368 g/mol. The molecule has 4 nitrogen and oxygen atoms in total. The third-order valence-electron chi connectivity index (χ3n) is 4.55. The summed E-state index contributed by atoms with van der Waals surface area (Å²) in [7, 11) is 0. The van der Waals surface area contributed by atoms with Gasteiger partial charge in [-0.15, -0.1) is 10.2 Å². The molecule has 0 aliphatic heterocycles. The lowest BCUT2D eigenvalue weighted by molar-refractivity contribution is 0.102. The summed E-state index contributed by atoms with van der Waals surface area (Å²) in [4.78, 5) is 12.4. The van der Waals surface area contributed by atoms with Crippen molar-refractivity contribution in [2.75, 3.05) is 5.75 Å². The fourth-order valence-corrected chi connectivity index (χ4v) is 3.51. The molecule has 0 aliphatic carbocycles. The summed E-state index contributed by atoms with van der Waals surface area (Å²) >= 11 is 1.27. The smallest absolute Gasteiger partial charge is 0.277 e. The minimum absolute atomic E-state index is 0.0577. The van der Waals surface area contributed by atoms with Crippen molar-refractivity contribution >= 4 is 17.5 Å². The van der Waals surface area contributed by atoms with E-state index in [0.29, 0.717) is 16.7 Å². The van der Waals surface area contributed by atoms with Crippen LogP contribution in [0, 0.1) is 0 Å². The van der Waals surface area contributed by atoms with Crippen molar-refractivity contribution in [2.45, 2.75) is 51.2 Å². The SMILES string of the molecule is CCCc1ccc(C(=O)CSc2nnc(-c3ccc(C(C)(C)C)cc3)o2)cc1. The van der Waals surface area contributed by atoms with Gasteiger partial charge in [-0.1, -0.05) is 82.3 Å². The molecule has 0 bridgehead atoms. The monoisotopic (exact) mass is 394 g/mol. The van der Waals surface area contributed by atoms with Crippen LogP contribution in [0.4, 0.5) is 0 Å². The van der Waals surface area contributed by atoms with E-state index >= 15 is 0 Å². The van der Waals surface area contributed by atoms with E-state index in [1.165, 1.54) is 22.9 Å². The van der Waals surface area contributed by atoms with Gasteiger partial charge in [-0.3, -0.25) is 4.79 Å². The lowest BCUT2D eigenvalue weighted by Gasteiger charge is -2.18. The number of rotatable bonds is 7. The topological polar surface area (TPSA) is 56.0 Å². The van der Waals surface area contributed by atoms with E-state index in [2.05, 4.69) is 50.0 Å². The van der Waals surface area contributed by atoms with Crippen molar-refractivity contribution in [3.63, 3.8) is 0 Å². The number of ketones is 1. The Bertz CT molecular complexity index is 922. The Labute approximate surface area is 170 Å². The van der Waals surface area contributed by atoms with E-state index in [1.54, 1.807) is 0 Å². The van der Waals surface area contributed by atoms with E-state index in [0.717, 1.165) is 18.4 Å². The second kappa shape index (κ2) is 8.74. The van der Waals surface area contributed by atoms with Gasteiger partial charge in [0.1, 0.15) is 0 Å². The highest BCUT2D eigenvalue weighted by molar-refractivity contribution is 7.99. The van der Waals surface area contributed by atoms with Crippen molar-refractivity contribution in [3.05, 3.63) is 65.2 Å². The number of aromatic nitrogens is 2. The van der Waals surface area contributed by atoms with Crippen molar-refractivity contribution in [1.29, 1.82) is 0 Å². The molecule has 0 N–H and O–H groups in total. The third kappa shape index (κ3) is 5.10. The fourth-order valence-electron chi connectivity index (χ4n) is 2.85. The first-order valence-corrected chi connectivity index (χ1v) is 10.5. The van der Waals surface area contributed by atoms with Gasteiger partial charge >= 0.3 is 0 Å². The number of carbonyl (C=O) groups excluding carboxylic acids is 1. The van der Waals surface area contributed by atoms with Gasteiger partial charge in [-0.25, -0.2) is 0 Å². The maximum Gasteiger partial charge on any atom is 0.277 e. The predicted molar refractivity (Wildman–Crippen MR) is 114 cm³/mol. The minimum Gasteiger partial charge on any atom is -0.411 e. The normalized spacial score (nSPS) is 11.6. The number of nitrogens with zero attached hydrogens (tertiary/aromatic N) is 2. The van der Waals surface area contributed by atoms with E-state index < -0.39 is 0 Å². The molecule has 1 heterocycles. The van der Waals surface area contributed by atoms with Crippen LogP contribution in [-0.4, -0.2) is 21.7 Å². The summed E-state index contributed by atoms with van der Waals surface area (Å²) in [6.45, 7) is 8.68. The second-order valence-electron chi connectivity index (χ2n) is 7.86. The van der Waals surface area contributed by atoms with E-state index in [9.17, 15) is 4.79 Å². The number of carbonyl (C=O) groups is 1. The van der Waals surface area contributed by atoms with Crippen LogP contribution in [0.2, 0.25) is 0 Å². The fraction of sp³-hybridized carbons (Fsp3) is 0.348. The Morgan fingerprint density at radius 1 is 1.00 bits per heavy atom. The molecule has 28 heavy (non-hydrogen) atoms. The number of hydrogen-bond donors (Lipinski definition) is 0. The largest absolute Gasteiger partial charge is 0.411 e. The first-order chi connectivity index (χ1) is 13.4. The van der Waals surface area contributed by atoms with Crippen LogP contribution in [0.3, 0.4) is 0 Å². The molecule has 1 aromatic heterocycles. The van der Waals surface area contributed by atoms with Crippen LogP contribution in [0.1, 0.15) is 55.6 Å². The van der Waals surface area contributed by atoms with Gasteiger partial charge in [0, 0.05) is 11.1 Å². The zero-order valence-electron chi connectivity index (χ0n) is 16.9. The Morgan fingerprint density at radius 3 is 2.29 bits per heavy atom. The minimum atomic E-state index is 0.0577. The predicted octanol–water partition coefficient (Wildman–Crippen LogP) is 5.96. The summed E-state index contributed by atoms with van der Waals surface area (Å²) in [6.07, 6.45) is 2.13. The highest BCUT2D eigenvalue weighted by atomic mass is 32.2. The maximum absolute atomic E-state index is 12.4. The maximum atomic E-state index is 12.4. The third-order valence-corrected chi connectivity index (χ3v) is 5.36. The Kier molecular flexibility index (Phi) is 6.35. The molecule has 3 rings (SSSR count). The highest BCUT2D eigenvalue weighted by Crippen LogP contribution is 2.27. The molecule has 0 saturated carbocycles.